The molecule has 0 aliphatic carbocycles. The zero-order valence-corrected chi connectivity index (χ0v) is 20.8. The second kappa shape index (κ2) is 30.4. The highest BCUT2D eigenvalue weighted by atomic mass is 79.9. The average Bonchev–Trinajstić information content (AvgIpc) is 2.38. The van der Waals surface area contributed by atoms with Gasteiger partial charge in [0.2, 0.25) is 0 Å². The summed E-state index contributed by atoms with van der Waals surface area (Å²) >= 11 is 0. The van der Waals surface area contributed by atoms with Crippen LogP contribution in [-0.4, -0.2) is 52.4 Å². The molecule has 0 fully saturated rings. The number of halogens is 4. The lowest BCUT2D eigenvalue weighted by atomic mass is 10.3. The van der Waals surface area contributed by atoms with Crippen LogP contribution in [0.4, 0.5) is 0 Å². The molecule has 8 heteroatoms. The van der Waals surface area contributed by atoms with Crippen molar-refractivity contribution in [2.75, 3.05) is 52.4 Å². The molecule has 0 radical (unpaired) electrons. The third-order valence-electron chi connectivity index (χ3n) is 2.66. The fourth-order valence-corrected chi connectivity index (χ4v) is 1.61. The standard InChI is InChI=1S/C14H32N4.4BrH/c1-4-15-8-6-9-17-10-7-11-18-13-14(3)12-16-5-2;;;;/h15-18H,3-13H2,1-2H3;4*1H. The van der Waals surface area contributed by atoms with Gasteiger partial charge in [-0.05, 0) is 57.7 Å². The maximum absolute atomic E-state index is 4.02. The number of hydrogen-bond donors (Lipinski definition) is 4. The Balaban J connectivity index is -0.000000241. The molecule has 22 heavy (non-hydrogen) atoms. The van der Waals surface area contributed by atoms with Crippen LogP contribution in [0.15, 0.2) is 12.2 Å². The fraction of sp³-hybridized carbons (Fsp3) is 0.857. The summed E-state index contributed by atoms with van der Waals surface area (Å²) in [5.41, 5.74) is 1.23. The second-order valence-electron chi connectivity index (χ2n) is 4.52. The first-order chi connectivity index (χ1) is 8.81. The Morgan fingerprint density at radius 3 is 1.55 bits per heavy atom. The van der Waals surface area contributed by atoms with Gasteiger partial charge in [0, 0.05) is 13.1 Å². The van der Waals surface area contributed by atoms with Gasteiger partial charge in [0.15, 0.2) is 0 Å². The lowest BCUT2D eigenvalue weighted by Crippen LogP contribution is -2.27. The van der Waals surface area contributed by atoms with E-state index in [1.807, 2.05) is 0 Å². The van der Waals surface area contributed by atoms with Crippen molar-refractivity contribution in [2.24, 2.45) is 0 Å². The van der Waals surface area contributed by atoms with Crippen molar-refractivity contribution in [1.29, 1.82) is 0 Å². The highest BCUT2D eigenvalue weighted by Crippen LogP contribution is 1.84. The minimum atomic E-state index is 0. The van der Waals surface area contributed by atoms with Gasteiger partial charge in [-0.3, -0.25) is 0 Å². The zero-order chi connectivity index (χ0) is 13.5. The highest BCUT2D eigenvalue weighted by Gasteiger charge is 1.93. The Hall–Kier alpha value is 1.50. The van der Waals surface area contributed by atoms with Gasteiger partial charge in [0.25, 0.3) is 0 Å². The summed E-state index contributed by atoms with van der Waals surface area (Å²) in [6.45, 7) is 16.6. The molecule has 140 valence electrons. The van der Waals surface area contributed by atoms with Crippen LogP contribution in [0.3, 0.4) is 0 Å². The van der Waals surface area contributed by atoms with E-state index in [4.69, 9.17) is 0 Å². The predicted octanol–water partition coefficient (Wildman–Crippen LogP) is 3.03. The van der Waals surface area contributed by atoms with E-state index in [1.165, 1.54) is 18.4 Å². The summed E-state index contributed by atoms with van der Waals surface area (Å²) in [5.74, 6) is 0. The van der Waals surface area contributed by atoms with E-state index in [2.05, 4.69) is 41.7 Å². The zero-order valence-electron chi connectivity index (χ0n) is 13.9. The molecule has 0 atom stereocenters. The van der Waals surface area contributed by atoms with Crippen molar-refractivity contribution >= 4 is 67.9 Å². The summed E-state index contributed by atoms with van der Waals surface area (Å²) < 4.78 is 0. The molecule has 0 aromatic carbocycles. The van der Waals surface area contributed by atoms with E-state index >= 15 is 0 Å². The SMILES string of the molecule is Br.Br.Br.Br.C=C(CNCC)CNCCCNCCCNCC. The third kappa shape index (κ3) is 29.5. The highest BCUT2D eigenvalue weighted by molar-refractivity contribution is 8.93. The van der Waals surface area contributed by atoms with E-state index in [1.54, 1.807) is 0 Å². The van der Waals surface area contributed by atoms with Crippen LogP contribution < -0.4 is 21.3 Å². The third-order valence-corrected chi connectivity index (χ3v) is 2.66. The quantitative estimate of drug-likeness (QED) is 0.189. The van der Waals surface area contributed by atoms with Crippen LogP contribution in [0.2, 0.25) is 0 Å². The van der Waals surface area contributed by atoms with Crippen LogP contribution >= 0.6 is 67.9 Å². The summed E-state index contributed by atoms with van der Waals surface area (Å²) in [4.78, 5) is 0. The Morgan fingerprint density at radius 2 is 1.05 bits per heavy atom. The molecular formula is C14H36Br4N4. The molecule has 0 bridgehead atoms. The average molecular weight is 580 g/mol. The van der Waals surface area contributed by atoms with Crippen molar-refractivity contribution in [3.8, 4) is 0 Å². The molecule has 0 amide bonds. The van der Waals surface area contributed by atoms with Crippen molar-refractivity contribution in [3.05, 3.63) is 12.2 Å². The molecule has 0 rings (SSSR count). The first kappa shape index (κ1) is 34.8. The molecular weight excluding hydrogens is 544 g/mol. The van der Waals surface area contributed by atoms with Gasteiger partial charge in [-0.15, -0.1) is 67.9 Å². The van der Waals surface area contributed by atoms with E-state index in [0.29, 0.717) is 0 Å². The van der Waals surface area contributed by atoms with Crippen LogP contribution in [0.25, 0.3) is 0 Å². The largest absolute Gasteiger partial charge is 0.317 e. The molecule has 0 heterocycles. The normalized spacial score (nSPS) is 8.82. The number of rotatable bonds is 14. The van der Waals surface area contributed by atoms with Crippen LogP contribution in [0, 0.1) is 0 Å². The molecule has 0 saturated heterocycles. The lowest BCUT2D eigenvalue weighted by Gasteiger charge is -2.09. The van der Waals surface area contributed by atoms with Gasteiger partial charge in [0.1, 0.15) is 0 Å². The molecule has 0 aromatic heterocycles. The lowest BCUT2D eigenvalue weighted by molar-refractivity contribution is 0.575. The predicted molar refractivity (Wildman–Crippen MR) is 122 cm³/mol. The molecule has 0 aliphatic heterocycles. The Bertz CT molecular complexity index is 198. The minimum Gasteiger partial charge on any atom is -0.317 e. The minimum absolute atomic E-state index is 0. The van der Waals surface area contributed by atoms with Gasteiger partial charge in [-0.1, -0.05) is 20.4 Å². The van der Waals surface area contributed by atoms with Gasteiger partial charge < -0.3 is 21.3 Å². The summed E-state index contributed by atoms with van der Waals surface area (Å²) in [7, 11) is 0. The molecule has 0 unspecified atom stereocenters. The first-order valence-electron chi connectivity index (χ1n) is 7.30. The van der Waals surface area contributed by atoms with Crippen LogP contribution in [0.5, 0.6) is 0 Å². The van der Waals surface area contributed by atoms with Gasteiger partial charge in [-0.2, -0.15) is 0 Å². The fourth-order valence-electron chi connectivity index (χ4n) is 1.61. The molecule has 0 aromatic rings. The van der Waals surface area contributed by atoms with E-state index in [9.17, 15) is 0 Å². The monoisotopic (exact) mass is 576 g/mol. The van der Waals surface area contributed by atoms with Crippen molar-refractivity contribution < 1.29 is 0 Å². The van der Waals surface area contributed by atoms with Crippen molar-refractivity contribution in [1.82, 2.24) is 21.3 Å². The molecule has 4 nitrogen and oxygen atoms in total. The number of nitrogens with one attached hydrogen (secondary N) is 4. The topological polar surface area (TPSA) is 48.1 Å². The number of hydrogen-bond acceptors (Lipinski definition) is 4. The Morgan fingerprint density at radius 1 is 0.636 bits per heavy atom. The first-order valence-corrected chi connectivity index (χ1v) is 7.30. The Kier molecular flexibility index (Phi) is 48.0. The van der Waals surface area contributed by atoms with Crippen molar-refractivity contribution in [3.63, 3.8) is 0 Å². The van der Waals surface area contributed by atoms with Gasteiger partial charge >= 0.3 is 0 Å². The Labute approximate surface area is 179 Å². The second-order valence-corrected chi connectivity index (χ2v) is 4.52. The summed E-state index contributed by atoms with van der Waals surface area (Å²) in [6, 6.07) is 0. The van der Waals surface area contributed by atoms with E-state index in [-0.39, 0.29) is 67.9 Å². The molecule has 4 N–H and O–H groups in total. The maximum Gasteiger partial charge on any atom is 0.0174 e. The van der Waals surface area contributed by atoms with Gasteiger partial charge in [-0.25, -0.2) is 0 Å². The number of likely N-dealkylation sites (N-methyl/N-ethyl adjacent to an activating group) is 1. The summed E-state index contributed by atoms with van der Waals surface area (Å²) in [6.07, 6.45) is 2.39. The van der Waals surface area contributed by atoms with E-state index < -0.39 is 0 Å². The molecule has 0 spiro atoms. The maximum atomic E-state index is 4.02. The molecule has 0 saturated carbocycles. The smallest absolute Gasteiger partial charge is 0.0174 e. The summed E-state index contributed by atoms with van der Waals surface area (Å²) in [5, 5.41) is 13.5. The van der Waals surface area contributed by atoms with Crippen molar-refractivity contribution in [2.45, 2.75) is 26.7 Å². The molecule has 0 aliphatic rings. The van der Waals surface area contributed by atoms with Crippen LogP contribution in [0.1, 0.15) is 26.7 Å². The van der Waals surface area contributed by atoms with E-state index in [0.717, 1.165) is 52.4 Å². The van der Waals surface area contributed by atoms with Gasteiger partial charge in [0.05, 0.1) is 0 Å². The van der Waals surface area contributed by atoms with Crippen LogP contribution in [-0.2, 0) is 0 Å².